The molecule has 2 bridgehead atoms. The molecular weight excluding hydrogens is 538 g/mol. The van der Waals surface area contributed by atoms with Crippen molar-refractivity contribution in [2.75, 3.05) is 13.1 Å². The molecule has 3 fully saturated rings. The fourth-order valence-corrected chi connectivity index (χ4v) is 8.67. The summed E-state index contributed by atoms with van der Waals surface area (Å²) in [6.07, 6.45) is 7.50. The number of fused-ring (bicyclic) bond motifs is 6. The van der Waals surface area contributed by atoms with Crippen LogP contribution < -0.4 is 0 Å². The Morgan fingerprint density at radius 1 is 0.795 bits per heavy atom. The Morgan fingerprint density at radius 2 is 1.52 bits per heavy atom. The van der Waals surface area contributed by atoms with Crippen LogP contribution in [0.5, 0.6) is 0 Å². The highest BCUT2D eigenvalue weighted by atomic mass is 16.5. The van der Waals surface area contributed by atoms with E-state index >= 15 is 0 Å². The normalized spacial score (nSPS) is 23.8. The van der Waals surface area contributed by atoms with Crippen LogP contribution in [-0.2, 0) is 17.9 Å². The lowest BCUT2D eigenvalue weighted by Gasteiger charge is -2.59. The molecule has 0 N–H and O–H groups in total. The van der Waals surface area contributed by atoms with Crippen molar-refractivity contribution in [3.63, 3.8) is 0 Å². The summed E-state index contributed by atoms with van der Waals surface area (Å²) >= 11 is 0. The van der Waals surface area contributed by atoms with Crippen molar-refractivity contribution in [1.82, 2.24) is 9.97 Å². The Bertz CT molecular complexity index is 1880. The van der Waals surface area contributed by atoms with Crippen molar-refractivity contribution in [2.24, 2.45) is 11.8 Å². The van der Waals surface area contributed by atoms with Gasteiger partial charge in [0.05, 0.1) is 30.9 Å². The van der Waals surface area contributed by atoms with Gasteiger partial charge in [-0.1, -0.05) is 79.7 Å². The lowest BCUT2D eigenvalue weighted by molar-refractivity contribution is -0.985. The van der Waals surface area contributed by atoms with E-state index in [0.717, 1.165) is 34.1 Å². The predicted octanol–water partition coefficient (Wildman–Crippen LogP) is 9.03. The van der Waals surface area contributed by atoms with E-state index in [0.29, 0.717) is 12.6 Å². The fourth-order valence-electron chi connectivity index (χ4n) is 8.67. The summed E-state index contributed by atoms with van der Waals surface area (Å²) in [5.41, 5.74) is 4.76. The van der Waals surface area contributed by atoms with Gasteiger partial charge in [0.25, 0.3) is 0 Å². The average Bonchev–Trinajstić information content (AvgIpc) is 3.09. The number of nitrogens with zero attached hydrogens (tertiary/aromatic N) is 3. The third-order valence-electron chi connectivity index (χ3n) is 10.8. The summed E-state index contributed by atoms with van der Waals surface area (Å²) in [7, 11) is 0. The number of hydrogen-bond acceptors (Lipinski definition) is 3. The molecule has 3 saturated heterocycles. The molecule has 9 rings (SSSR count). The van der Waals surface area contributed by atoms with Crippen LogP contribution in [-0.4, -0.2) is 33.6 Å². The highest BCUT2D eigenvalue weighted by molar-refractivity contribution is 6.02. The van der Waals surface area contributed by atoms with Gasteiger partial charge < -0.3 is 9.22 Å². The summed E-state index contributed by atoms with van der Waals surface area (Å²) < 4.78 is 8.18. The summed E-state index contributed by atoms with van der Waals surface area (Å²) in [6.45, 7) is 6.31. The highest BCUT2D eigenvalue weighted by Crippen LogP contribution is 2.50. The topological polar surface area (TPSA) is 35.0 Å². The lowest BCUT2D eigenvalue weighted by Crippen LogP contribution is -2.68. The minimum atomic E-state index is -0.0632. The van der Waals surface area contributed by atoms with Crippen LogP contribution in [0.1, 0.15) is 49.1 Å². The average molecular weight is 579 g/mol. The molecule has 0 unspecified atom stereocenters. The number of aromatic nitrogens is 2. The van der Waals surface area contributed by atoms with Crippen molar-refractivity contribution in [1.29, 1.82) is 0 Å². The molecular formula is C40H40N3O+. The smallest absolute Gasteiger partial charge is 0.135 e. The van der Waals surface area contributed by atoms with Gasteiger partial charge in [-0.3, -0.25) is 9.97 Å². The summed E-state index contributed by atoms with van der Waals surface area (Å²) in [5.74, 6) is 1.48. The molecule has 3 aliphatic rings. The molecule has 0 saturated carbocycles. The Hall–Kier alpha value is -4.12. The number of pyridine rings is 2. The number of ether oxygens (including phenoxy) is 1. The summed E-state index contributed by atoms with van der Waals surface area (Å²) in [4.78, 5) is 9.38. The van der Waals surface area contributed by atoms with Crippen molar-refractivity contribution in [3.05, 3.63) is 132 Å². The van der Waals surface area contributed by atoms with Crippen LogP contribution in [0.3, 0.4) is 0 Å². The van der Waals surface area contributed by atoms with E-state index in [1.165, 1.54) is 70.4 Å². The van der Waals surface area contributed by atoms with Gasteiger partial charge in [0.2, 0.25) is 0 Å². The van der Waals surface area contributed by atoms with Crippen LogP contribution in [0, 0.1) is 11.8 Å². The minimum absolute atomic E-state index is 0.0632. The fraction of sp³-hybridized carbons (Fsp3) is 0.300. The summed E-state index contributed by atoms with van der Waals surface area (Å²) in [5, 5.41) is 6.64. The zero-order valence-electron chi connectivity index (χ0n) is 25.5. The number of piperidine rings is 3. The number of rotatable bonds is 8. The van der Waals surface area contributed by atoms with E-state index in [2.05, 4.69) is 109 Å². The molecule has 4 aromatic carbocycles. The van der Waals surface area contributed by atoms with Gasteiger partial charge in [-0.15, -0.1) is 0 Å². The Kier molecular flexibility index (Phi) is 7.12. The first-order valence-electron chi connectivity index (χ1n) is 16.3. The molecule has 0 amide bonds. The molecule has 2 aromatic heterocycles. The molecule has 5 heterocycles. The van der Waals surface area contributed by atoms with Crippen molar-refractivity contribution in [3.8, 4) is 0 Å². The molecule has 5 atom stereocenters. The predicted molar refractivity (Wildman–Crippen MR) is 179 cm³/mol. The van der Waals surface area contributed by atoms with Gasteiger partial charge in [-0.05, 0) is 69.8 Å². The van der Waals surface area contributed by atoms with E-state index in [-0.39, 0.29) is 6.10 Å². The first-order chi connectivity index (χ1) is 21.7. The van der Waals surface area contributed by atoms with E-state index in [4.69, 9.17) is 9.72 Å². The zero-order chi connectivity index (χ0) is 29.5. The van der Waals surface area contributed by atoms with Crippen LogP contribution in [0.4, 0.5) is 0 Å². The molecule has 0 spiro atoms. The van der Waals surface area contributed by atoms with E-state index in [1.807, 2.05) is 18.5 Å². The summed E-state index contributed by atoms with van der Waals surface area (Å²) in [6, 6.07) is 37.6. The second-order valence-corrected chi connectivity index (χ2v) is 13.1. The number of benzene rings is 4. The molecule has 4 nitrogen and oxygen atoms in total. The Balaban J connectivity index is 1.29. The van der Waals surface area contributed by atoms with Crippen LogP contribution in [0.2, 0.25) is 0 Å². The van der Waals surface area contributed by atoms with Crippen molar-refractivity contribution < 1.29 is 9.22 Å². The standard InChI is InChI=1S/C40H40N3O/c1-2-28-25-43(26-37-33-14-5-3-11-30(33)23-31-12-4-6-15-34(31)37)22-19-29(28)24-39(43)40(44-27-32-13-9-10-20-41-32)36-18-21-42-38-17-8-7-16-35(36)38/h3-18,20-21,23,28-29,39-40H,2,19,22,24-27H2,1H3/q+1/t28-,29-,39+,40+,43-/m0/s1. The van der Waals surface area contributed by atoms with Crippen molar-refractivity contribution >= 4 is 32.4 Å². The van der Waals surface area contributed by atoms with E-state index in [1.54, 1.807) is 0 Å². The van der Waals surface area contributed by atoms with Gasteiger partial charge in [0.15, 0.2) is 0 Å². The van der Waals surface area contributed by atoms with Gasteiger partial charge in [0.1, 0.15) is 18.7 Å². The van der Waals surface area contributed by atoms with Crippen LogP contribution in [0.25, 0.3) is 32.4 Å². The van der Waals surface area contributed by atoms with Crippen LogP contribution in [0.15, 0.2) is 116 Å². The lowest BCUT2D eigenvalue weighted by atomic mass is 9.70. The number of quaternary nitrogens is 1. The maximum atomic E-state index is 7.12. The molecule has 6 aromatic rings. The Morgan fingerprint density at radius 3 is 2.27 bits per heavy atom. The number of hydrogen-bond donors (Lipinski definition) is 0. The molecule has 44 heavy (non-hydrogen) atoms. The molecule has 0 radical (unpaired) electrons. The van der Waals surface area contributed by atoms with Gasteiger partial charge >= 0.3 is 0 Å². The monoisotopic (exact) mass is 578 g/mol. The largest absolute Gasteiger partial charge is 0.361 e. The second kappa shape index (κ2) is 11.4. The molecule has 0 aliphatic carbocycles. The third-order valence-corrected chi connectivity index (χ3v) is 10.8. The molecule has 220 valence electrons. The maximum absolute atomic E-state index is 7.12. The second-order valence-electron chi connectivity index (χ2n) is 13.1. The first kappa shape index (κ1) is 27.4. The minimum Gasteiger partial charge on any atom is -0.361 e. The molecule has 3 aliphatic heterocycles. The van der Waals surface area contributed by atoms with Gasteiger partial charge in [0, 0.05) is 42.1 Å². The third kappa shape index (κ3) is 4.77. The maximum Gasteiger partial charge on any atom is 0.135 e. The highest BCUT2D eigenvalue weighted by Gasteiger charge is 2.55. The van der Waals surface area contributed by atoms with E-state index in [9.17, 15) is 0 Å². The van der Waals surface area contributed by atoms with Crippen molar-refractivity contribution in [2.45, 2.75) is 51.5 Å². The van der Waals surface area contributed by atoms with Crippen LogP contribution >= 0.6 is 0 Å². The number of para-hydroxylation sites is 1. The SMILES string of the molecule is CC[C@H]1C[N@+]2(Cc3c4ccccc4cc4ccccc34)CC[C@H]1C[C@@H]2[C@H](OCc1ccccn1)c1ccnc2ccccc12. The van der Waals surface area contributed by atoms with Gasteiger partial charge in [-0.25, -0.2) is 0 Å². The first-order valence-corrected chi connectivity index (χ1v) is 16.3. The molecule has 4 heteroatoms. The zero-order valence-corrected chi connectivity index (χ0v) is 25.5. The van der Waals surface area contributed by atoms with Gasteiger partial charge in [-0.2, -0.15) is 0 Å². The quantitative estimate of drug-likeness (QED) is 0.134. The Labute approximate surface area is 259 Å². The van der Waals surface area contributed by atoms with E-state index < -0.39 is 0 Å².